The number of amides is 1. The Balaban J connectivity index is 1.40. The first-order valence-corrected chi connectivity index (χ1v) is 12.4. The molecule has 182 valence electrons. The fourth-order valence-corrected chi connectivity index (χ4v) is 5.42. The molecule has 0 unspecified atom stereocenters. The Labute approximate surface area is 200 Å². The van der Waals surface area contributed by atoms with Crippen LogP contribution in [0.15, 0.2) is 36.4 Å². The van der Waals surface area contributed by atoms with Crippen molar-refractivity contribution in [2.24, 2.45) is 5.92 Å². The summed E-state index contributed by atoms with van der Waals surface area (Å²) >= 11 is 0. The molecule has 1 heterocycles. The van der Waals surface area contributed by atoms with Crippen molar-refractivity contribution in [2.45, 2.75) is 65.0 Å². The Morgan fingerprint density at radius 2 is 1.65 bits per heavy atom. The highest BCUT2D eigenvalue weighted by Gasteiger charge is 2.33. The Hall–Kier alpha value is -2.60. The molecule has 0 aromatic heterocycles. The van der Waals surface area contributed by atoms with E-state index in [9.17, 15) is 18.4 Å². The van der Waals surface area contributed by atoms with E-state index in [2.05, 4.69) is 11.8 Å². The van der Waals surface area contributed by atoms with E-state index in [4.69, 9.17) is 0 Å². The van der Waals surface area contributed by atoms with Crippen molar-refractivity contribution in [3.63, 3.8) is 0 Å². The van der Waals surface area contributed by atoms with Crippen LogP contribution in [-0.2, 0) is 29.0 Å². The van der Waals surface area contributed by atoms with E-state index in [1.807, 2.05) is 11.8 Å². The predicted octanol–water partition coefficient (Wildman–Crippen LogP) is 4.85. The first kappa shape index (κ1) is 24.5. The lowest BCUT2D eigenvalue weighted by atomic mass is 9.95. The van der Waals surface area contributed by atoms with Crippen LogP contribution in [0.3, 0.4) is 0 Å². The number of rotatable bonds is 7. The summed E-state index contributed by atoms with van der Waals surface area (Å²) in [4.78, 5) is 29.7. The molecule has 1 amide bonds. The van der Waals surface area contributed by atoms with Crippen molar-refractivity contribution >= 4 is 11.7 Å². The number of halogens is 2. The van der Waals surface area contributed by atoms with E-state index in [0.717, 1.165) is 36.8 Å². The third kappa shape index (κ3) is 5.54. The van der Waals surface area contributed by atoms with Gasteiger partial charge >= 0.3 is 0 Å². The molecule has 1 aliphatic heterocycles. The summed E-state index contributed by atoms with van der Waals surface area (Å²) in [6.45, 7) is 6.44. The zero-order valence-electron chi connectivity index (χ0n) is 20.2. The number of piperazine rings is 1. The maximum Gasteiger partial charge on any atom is 0.226 e. The lowest BCUT2D eigenvalue weighted by Crippen LogP contribution is -2.54. The highest BCUT2D eigenvalue weighted by atomic mass is 19.1. The molecule has 1 saturated heterocycles. The Kier molecular flexibility index (Phi) is 7.77. The van der Waals surface area contributed by atoms with Crippen LogP contribution in [0.4, 0.5) is 8.78 Å². The fraction of sp³-hybridized carbons (Fsp3) is 0.500. The lowest BCUT2D eigenvalue weighted by molar-refractivity contribution is -0.140. The summed E-state index contributed by atoms with van der Waals surface area (Å²) in [5.74, 6) is -0.306. The zero-order valence-corrected chi connectivity index (χ0v) is 20.2. The van der Waals surface area contributed by atoms with Gasteiger partial charge in [-0.25, -0.2) is 8.78 Å². The minimum atomic E-state index is -0.382. The molecule has 6 heteroatoms. The second-order valence-electron chi connectivity index (χ2n) is 9.89. The van der Waals surface area contributed by atoms with Gasteiger partial charge in [-0.15, -0.1) is 0 Å². The minimum absolute atomic E-state index is 0.0212. The van der Waals surface area contributed by atoms with Crippen molar-refractivity contribution < 1.29 is 18.4 Å². The minimum Gasteiger partial charge on any atom is -0.337 e. The van der Waals surface area contributed by atoms with Gasteiger partial charge in [0.15, 0.2) is 0 Å². The highest BCUT2D eigenvalue weighted by Crippen LogP contribution is 2.29. The maximum absolute atomic E-state index is 14.8. The molecule has 0 N–H and O–H groups in total. The zero-order chi connectivity index (χ0) is 24.2. The van der Waals surface area contributed by atoms with Crippen LogP contribution in [0.2, 0.25) is 0 Å². The number of hydrogen-bond donors (Lipinski definition) is 0. The van der Waals surface area contributed by atoms with Crippen LogP contribution in [0, 0.1) is 24.5 Å². The third-order valence-electron chi connectivity index (χ3n) is 7.47. The van der Waals surface area contributed by atoms with E-state index >= 15 is 0 Å². The number of hydrogen-bond acceptors (Lipinski definition) is 3. The number of carbonyl (C=O) groups excluding carboxylic acids is 2. The number of carbonyl (C=O) groups is 2. The normalized spacial score (nSPS) is 19.5. The van der Waals surface area contributed by atoms with Crippen molar-refractivity contribution in [1.29, 1.82) is 0 Å². The van der Waals surface area contributed by atoms with Gasteiger partial charge in [0.05, 0.1) is 0 Å². The third-order valence-corrected chi connectivity index (χ3v) is 7.47. The summed E-state index contributed by atoms with van der Waals surface area (Å²) in [5, 5.41) is 0. The van der Waals surface area contributed by atoms with Gasteiger partial charge < -0.3 is 4.90 Å². The summed E-state index contributed by atoms with van der Waals surface area (Å²) < 4.78 is 28.7. The molecule has 2 aliphatic rings. The van der Waals surface area contributed by atoms with E-state index < -0.39 is 0 Å². The molecule has 1 aliphatic carbocycles. The summed E-state index contributed by atoms with van der Waals surface area (Å²) in [5.41, 5.74) is 2.53. The van der Waals surface area contributed by atoms with Gasteiger partial charge in [-0.2, -0.15) is 0 Å². The Morgan fingerprint density at radius 3 is 2.35 bits per heavy atom. The Morgan fingerprint density at radius 1 is 0.941 bits per heavy atom. The number of Topliss-reactive ketones (excluding diaryl/α,β-unsaturated/α-hetero) is 1. The van der Waals surface area contributed by atoms with E-state index in [-0.39, 0.29) is 48.1 Å². The molecule has 2 aromatic carbocycles. The molecule has 0 radical (unpaired) electrons. The fourth-order valence-electron chi connectivity index (χ4n) is 5.42. The molecule has 4 rings (SSSR count). The van der Waals surface area contributed by atoms with Gasteiger partial charge in [0, 0.05) is 56.5 Å². The maximum atomic E-state index is 14.8. The average Bonchev–Trinajstić information content (AvgIpc) is 3.35. The number of benzene rings is 2. The van der Waals surface area contributed by atoms with Crippen molar-refractivity contribution in [3.8, 4) is 0 Å². The van der Waals surface area contributed by atoms with Crippen LogP contribution >= 0.6 is 0 Å². The molecule has 4 nitrogen and oxygen atoms in total. The van der Waals surface area contributed by atoms with Gasteiger partial charge in [0.1, 0.15) is 17.4 Å². The smallest absolute Gasteiger partial charge is 0.226 e. The summed E-state index contributed by atoms with van der Waals surface area (Å²) in [6.07, 6.45) is 4.45. The first-order chi connectivity index (χ1) is 16.3. The van der Waals surface area contributed by atoms with Crippen LogP contribution in [0.1, 0.15) is 54.9 Å². The van der Waals surface area contributed by atoms with Crippen molar-refractivity contribution in [2.75, 3.05) is 19.6 Å². The first-order valence-electron chi connectivity index (χ1n) is 12.4. The van der Waals surface area contributed by atoms with Gasteiger partial charge in [0.2, 0.25) is 5.91 Å². The lowest BCUT2D eigenvalue weighted by Gasteiger charge is -2.41. The van der Waals surface area contributed by atoms with Crippen molar-refractivity contribution in [3.05, 3.63) is 70.3 Å². The van der Waals surface area contributed by atoms with Gasteiger partial charge in [-0.1, -0.05) is 37.1 Å². The summed E-state index contributed by atoms with van der Waals surface area (Å²) in [7, 11) is 0. The monoisotopic (exact) mass is 468 g/mol. The highest BCUT2D eigenvalue weighted by molar-refractivity contribution is 5.83. The van der Waals surface area contributed by atoms with Crippen LogP contribution in [-0.4, -0.2) is 47.2 Å². The van der Waals surface area contributed by atoms with Gasteiger partial charge in [0.25, 0.3) is 0 Å². The quantitative estimate of drug-likeness (QED) is 0.583. The van der Waals surface area contributed by atoms with Gasteiger partial charge in [-0.05, 0) is 55.5 Å². The molecule has 1 saturated carbocycles. The summed E-state index contributed by atoms with van der Waals surface area (Å²) in [6, 6.07) is 9.47. The second kappa shape index (κ2) is 10.8. The molecular weight excluding hydrogens is 434 g/mol. The molecule has 0 bridgehead atoms. The van der Waals surface area contributed by atoms with Crippen LogP contribution in [0.5, 0.6) is 0 Å². The Bertz CT molecular complexity index is 1050. The van der Waals surface area contributed by atoms with Crippen LogP contribution in [0.25, 0.3) is 0 Å². The molecular formula is C28H34F2N2O2. The largest absolute Gasteiger partial charge is 0.337 e. The van der Waals surface area contributed by atoms with Crippen LogP contribution < -0.4 is 0 Å². The standard InChI is InChI=1S/C28H34F2N2O2/c1-19-17-31(13-14-32(19)28(34)21-7-3-4-8-21)18-25-20(2)22(11-12-27(25)30)15-24(33)16-23-9-5-6-10-26(23)29/h5-6,9-12,19,21H,3-4,7-8,13-18H2,1-2H3/t19-/m0/s1. The van der Waals surface area contributed by atoms with E-state index in [0.29, 0.717) is 37.3 Å². The average molecular weight is 469 g/mol. The van der Waals surface area contributed by atoms with E-state index in [1.165, 1.54) is 12.1 Å². The molecule has 34 heavy (non-hydrogen) atoms. The predicted molar refractivity (Wildman–Crippen MR) is 128 cm³/mol. The number of nitrogens with zero attached hydrogens (tertiary/aromatic N) is 2. The molecule has 2 aromatic rings. The topological polar surface area (TPSA) is 40.6 Å². The molecule has 0 spiro atoms. The van der Waals surface area contributed by atoms with Gasteiger partial charge in [-0.3, -0.25) is 14.5 Å². The second-order valence-corrected chi connectivity index (χ2v) is 9.89. The SMILES string of the molecule is Cc1c(CC(=O)Cc2ccccc2F)ccc(F)c1CN1CCN(C(=O)C2CCCC2)[C@@H](C)C1. The molecule has 1 atom stereocenters. The van der Waals surface area contributed by atoms with Crippen molar-refractivity contribution in [1.82, 2.24) is 9.80 Å². The van der Waals surface area contributed by atoms with E-state index in [1.54, 1.807) is 24.3 Å². The molecule has 2 fully saturated rings. The number of ketones is 1.